The number of amides is 1. The predicted octanol–water partition coefficient (Wildman–Crippen LogP) is 2.69. The lowest BCUT2D eigenvalue weighted by Crippen LogP contribution is -2.59. The van der Waals surface area contributed by atoms with Crippen LogP contribution in [-0.2, 0) is 15.0 Å². The minimum absolute atomic E-state index is 0.0999. The predicted molar refractivity (Wildman–Crippen MR) is 79.3 cm³/mol. The van der Waals surface area contributed by atoms with Crippen molar-refractivity contribution in [1.29, 1.82) is 0 Å². The van der Waals surface area contributed by atoms with Crippen molar-refractivity contribution in [1.82, 2.24) is 4.90 Å². The van der Waals surface area contributed by atoms with E-state index < -0.39 is 11.4 Å². The fraction of sp³-hybridized carbons (Fsp3) is 0.500. The molecule has 1 saturated heterocycles. The molecule has 1 aromatic carbocycles. The number of hydrogen-bond acceptors (Lipinski definition) is 2. The Bertz CT molecular complexity index is 577. The lowest BCUT2D eigenvalue weighted by Gasteiger charge is -2.49. The van der Waals surface area contributed by atoms with Gasteiger partial charge in [0.2, 0.25) is 5.91 Å². The maximum atomic E-state index is 12.8. The molecule has 1 N–H and O–H groups in total. The van der Waals surface area contributed by atoms with Gasteiger partial charge in [-0.3, -0.25) is 9.59 Å². The number of carbonyl (C=O) groups excluding carboxylic acids is 1. The average molecular weight is 308 g/mol. The van der Waals surface area contributed by atoms with Gasteiger partial charge in [0.15, 0.2) is 0 Å². The summed E-state index contributed by atoms with van der Waals surface area (Å²) >= 11 is 6.05. The number of benzene rings is 1. The molecule has 3 rings (SSSR count). The molecular weight excluding hydrogens is 290 g/mol. The summed E-state index contributed by atoms with van der Waals surface area (Å²) in [5.74, 6) is -0.555. The molecule has 0 atom stereocenters. The van der Waals surface area contributed by atoms with Gasteiger partial charge < -0.3 is 10.0 Å². The van der Waals surface area contributed by atoms with Gasteiger partial charge >= 0.3 is 5.97 Å². The van der Waals surface area contributed by atoms with E-state index in [9.17, 15) is 9.59 Å². The number of carbonyl (C=O) groups is 2. The molecule has 1 heterocycles. The standard InChI is InChI=1S/C16H18ClNO3/c17-13-4-1-3-12(8-13)16(5-2-6-16)15(21)18-9-11(10-18)7-14(19)20/h1,3-4,8,11H,2,5-7,9-10H2,(H,19,20). The van der Waals surface area contributed by atoms with Gasteiger partial charge in [0.25, 0.3) is 0 Å². The zero-order valence-corrected chi connectivity index (χ0v) is 12.5. The Labute approximate surface area is 128 Å². The molecule has 2 aliphatic rings. The van der Waals surface area contributed by atoms with Crippen molar-refractivity contribution in [2.45, 2.75) is 31.1 Å². The lowest BCUT2D eigenvalue weighted by atomic mass is 9.63. The highest BCUT2D eigenvalue weighted by molar-refractivity contribution is 6.30. The van der Waals surface area contributed by atoms with Crippen LogP contribution < -0.4 is 0 Å². The van der Waals surface area contributed by atoms with Gasteiger partial charge in [-0.15, -0.1) is 0 Å². The van der Waals surface area contributed by atoms with Crippen molar-refractivity contribution >= 4 is 23.5 Å². The van der Waals surface area contributed by atoms with Crippen molar-refractivity contribution in [2.24, 2.45) is 5.92 Å². The average Bonchev–Trinajstić information content (AvgIpc) is 2.31. The van der Waals surface area contributed by atoms with Crippen LogP contribution in [0.3, 0.4) is 0 Å². The van der Waals surface area contributed by atoms with Gasteiger partial charge in [-0.1, -0.05) is 30.2 Å². The fourth-order valence-electron chi connectivity index (χ4n) is 3.36. The van der Waals surface area contributed by atoms with Gasteiger partial charge in [0.05, 0.1) is 11.8 Å². The minimum Gasteiger partial charge on any atom is -0.481 e. The molecular formula is C16H18ClNO3. The van der Waals surface area contributed by atoms with Crippen molar-refractivity contribution in [3.63, 3.8) is 0 Å². The van der Waals surface area contributed by atoms with Gasteiger partial charge in [0.1, 0.15) is 0 Å². The maximum absolute atomic E-state index is 12.8. The Balaban J connectivity index is 1.72. The van der Waals surface area contributed by atoms with E-state index in [1.165, 1.54) is 0 Å². The quantitative estimate of drug-likeness (QED) is 0.930. The maximum Gasteiger partial charge on any atom is 0.303 e. The Morgan fingerprint density at radius 2 is 2.05 bits per heavy atom. The van der Waals surface area contributed by atoms with E-state index in [1.54, 1.807) is 4.90 Å². The molecule has 0 aromatic heterocycles. The fourth-order valence-corrected chi connectivity index (χ4v) is 3.55. The highest BCUT2D eigenvalue weighted by Gasteiger charge is 2.50. The van der Waals surface area contributed by atoms with Crippen LogP contribution in [0.15, 0.2) is 24.3 Å². The third-order valence-electron chi connectivity index (χ3n) is 4.70. The van der Waals surface area contributed by atoms with E-state index in [0.29, 0.717) is 18.1 Å². The second-order valence-electron chi connectivity index (χ2n) is 6.12. The molecule has 0 bridgehead atoms. The van der Waals surface area contributed by atoms with Crippen LogP contribution in [-0.4, -0.2) is 35.0 Å². The van der Waals surface area contributed by atoms with Gasteiger partial charge in [-0.25, -0.2) is 0 Å². The van der Waals surface area contributed by atoms with Gasteiger partial charge in [-0.2, -0.15) is 0 Å². The lowest BCUT2D eigenvalue weighted by molar-refractivity contribution is -0.151. The second kappa shape index (κ2) is 5.34. The third kappa shape index (κ3) is 2.53. The van der Waals surface area contributed by atoms with Crippen LogP contribution >= 0.6 is 11.6 Å². The van der Waals surface area contributed by atoms with Crippen LogP contribution in [0.4, 0.5) is 0 Å². The van der Waals surface area contributed by atoms with Crippen molar-refractivity contribution in [3.8, 4) is 0 Å². The van der Waals surface area contributed by atoms with E-state index >= 15 is 0 Å². The molecule has 1 aliphatic carbocycles. The number of carboxylic acids is 1. The Hall–Kier alpha value is -1.55. The van der Waals surface area contributed by atoms with E-state index in [-0.39, 0.29) is 18.2 Å². The molecule has 21 heavy (non-hydrogen) atoms. The number of carboxylic acid groups (broad SMARTS) is 1. The molecule has 1 amide bonds. The summed E-state index contributed by atoms with van der Waals surface area (Å²) in [6, 6.07) is 7.55. The number of halogens is 1. The van der Waals surface area contributed by atoms with E-state index in [0.717, 1.165) is 24.8 Å². The normalized spacial score (nSPS) is 20.5. The number of likely N-dealkylation sites (tertiary alicyclic amines) is 1. The van der Waals surface area contributed by atoms with Crippen LogP contribution in [0, 0.1) is 5.92 Å². The smallest absolute Gasteiger partial charge is 0.303 e. The molecule has 0 radical (unpaired) electrons. The summed E-state index contributed by atoms with van der Waals surface area (Å²) < 4.78 is 0. The SMILES string of the molecule is O=C(O)CC1CN(C(=O)C2(c3cccc(Cl)c3)CCC2)C1. The minimum atomic E-state index is -0.791. The first-order valence-electron chi connectivity index (χ1n) is 7.28. The number of rotatable bonds is 4. The molecule has 5 heteroatoms. The first-order chi connectivity index (χ1) is 10.0. The summed E-state index contributed by atoms with van der Waals surface area (Å²) in [6.45, 7) is 1.13. The van der Waals surface area contributed by atoms with Crippen LogP contribution in [0.2, 0.25) is 5.02 Å². The zero-order valence-electron chi connectivity index (χ0n) is 11.7. The van der Waals surface area contributed by atoms with Crippen LogP contribution in [0.25, 0.3) is 0 Å². The Kier molecular flexibility index (Phi) is 3.66. The summed E-state index contributed by atoms with van der Waals surface area (Å²) in [5, 5.41) is 9.43. The third-order valence-corrected chi connectivity index (χ3v) is 4.94. The summed E-state index contributed by atoms with van der Waals surface area (Å²) in [6.07, 6.45) is 2.90. The van der Waals surface area contributed by atoms with Crippen molar-refractivity contribution < 1.29 is 14.7 Å². The molecule has 4 nitrogen and oxygen atoms in total. The monoisotopic (exact) mass is 307 g/mol. The van der Waals surface area contributed by atoms with E-state index in [4.69, 9.17) is 16.7 Å². The molecule has 2 fully saturated rings. The number of aliphatic carboxylic acids is 1. The Morgan fingerprint density at radius 3 is 2.57 bits per heavy atom. The highest BCUT2D eigenvalue weighted by atomic mass is 35.5. The molecule has 1 aliphatic heterocycles. The largest absolute Gasteiger partial charge is 0.481 e. The van der Waals surface area contributed by atoms with Gasteiger partial charge in [0, 0.05) is 24.0 Å². The van der Waals surface area contributed by atoms with E-state index in [2.05, 4.69) is 0 Å². The van der Waals surface area contributed by atoms with Crippen molar-refractivity contribution in [2.75, 3.05) is 13.1 Å². The first-order valence-corrected chi connectivity index (χ1v) is 7.66. The molecule has 112 valence electrons. The Morgan fingerprint density at radius 1 is 1.33 bits per heavy atom. The second-order valence-corrected chi connectivity index (χ2v) is 6.56. The van der Waals surface area contributed by atoms with E-state index in [1.807, 2.05) is 24.3 Å². The first kappa shape index (κ1) is 14.4. The number of hydrogen-bond donors (Lipinski definition) is 1. The summed E-state index contributed by atoms with van der Waals surface area (Å²) in [7, 11) is 0. The summed E-state index contributed by atoms with van der Waals surface area (Å²) in [4.78, 5) is 25.3. The van der Waals surface area contributed by atoms with Crippen LogP contribution in [0.5, 0.6) is 0 Å². The topological polar surface area (TPSA) is 57.6 Å². The van der Waals surface area contributed by atoms with Crippen molar-refractivity contribution in [3.05, 3.63) is 34.9 Å². The highest BCUT2D eigenvalue weighted by Crippen LogP contribution is 2.46. The van der Waals surface area contributed by atoms with Gasteiger partial charge in [-0.05, 0) is 30.5 Å². The molecule has 0 unspecified atom stereocenters. The number of nitrogens with zero attached hydrogens (tertiary/aromatic N) is 1. The zero-order chi connectivity index (χ0) is 15.0. The molecule has 0 spiro atoms. The van der Waals surface area contributed by atoms with Crippen LogP contribution in [0.1, 0.15) is 31.2 Å². The summed E-state index contributed by atoms with van der Waals surface area (Å²) in [5.41, 5.74) is 0.562. The molecule has 1 saturated carbocycles. The molecule has 1 aromatic rings.